The summed E-state index contributed by atoms with van der Waals surface area (Å²) >= 11 is 0. The molecule has 8 heteroatoms. The maximum atomic E-state index is 12.3. The first-order chi connectivity index (χ1) is 14.4. The number of aryl methyl sites for hydroxylation is 2. The molecule has 0 spiro atoms. The van der Waals surface area contributed by atoms with Gasteiger partial charge in [0.25, 0.3) is 17.5 Å². The highest BCUT2D eigenvalue weighted by atomic mass is 16.5. The van der Waals surface area contributed by atoms with E-state index in [1.807, 2.05) is 69.3 Å². The van der Waals surface area contributed by atoms with Gasteiger partial charge in [0, 0.05) is 11.4 Å². The normalized spacial score (nSPS) is 12.1. The molecule has 30 heavy (non-hydrogen) atoms. The minimum Gasteiger partial charge on any atom is -0.450 e. The van der Waals surface area contributed by atoms with Gasteiger partial charge in [-0.25, -0.2) is 14.3 Å². The number of carbonyl (C=O) groups is 2. The average Bonchev–Trinajstić information content (AvgIpc) is 3.16. The predicted octanol–water partition coefficient (Wildman–Crippen LogP) is 2.93. The standard InChI is InChI=1S/C22H21N5O3/c1-13-11-14(2)27-22(23-13)25-20(26-27)21(29)30-12-19(28)24-15(3)17-10-6-8-16-7-4-5-9-18(16)17/h4-11,15H,12H2,1-3H3,(H,24,28)/t15-/m0/s1. The van der Waals surface area contributed by atoms with Gasteiger partial charge in [0.05, 0.1) is 6.04 Å². The van der Waals surface area contributed by atoms with E-state index in [1.165, 1.54) is 4.52 Å². The molecule has 2 aromatic carbocycles. The van der Waals surface area contributed by atoms with Gasteiger partial charge in [0.1, 0.15) is 0 Å². The first-order valence-corrected chi connectivity index (χ1v) is 9.57. The number of esters is 1. The molecule has 0 aliphatic carbocycles. The molecule has 0 aliphatic heterocycles. The van der Waals surface area contributed by atoms with Crippen LogP contribution in [-0.4, -0.2) is 38.1 Å². The SMILES string of the molecule is Cc1cc(C)n2nc(C(=O)OCC(=O)N[C@@H](C)c3cccc4ccccc34)nc2n1. The van der Waals surface area contributed by atoms with Crippen LogP contribution in [0.2, 0.25) is 0 Å². The van der Waals surface area contributed by atoms with E-state index in [-0.39, 0.29) is 11.9 Å². The van der Waals surface area contributed by atoms with Crippen molar-refractivity contribution < 1.29 is 14.3 Å². The van der Waals surface area contributed by atoms with Gasteiger partial charge >= 0.3 is 5.97 Å². The molecule has 152 valence electrons. The molecule has 1 amide bonds. The lowest BCUT2D eigenvalue weighted by Crippen LogP contribution is -2.31. The zero-order valence-electron chi connectivity index (χ0n) is 16.9. The molecule has 0 saturated heterocycles. The second-order valence-corrected chi connectivity index (χ2v) is 7.12. The number of rotatable bonds is 5. The summed E-state index contributed by atoms with van der Waals surface area (Å²) in [6.07, 6.45) is 0. The highest BCUT2D eigenvalue weighted by molar-refractivity contribution is 5.89. The maximum Gasteiger partial charge on any atom is 0.378 e. The van der Waals surface area contributed by atoms with Gasteiger partial charge in [-0.2, -0.15) is 4.98 Å². The number of amides is 1. The fraction of sp³-hybridized carbons (Fsp3) is 0.227. The van der Waals surface area contributed by atoms with Crippen LogP contribution in [-0.2, 0) is 9.53 Å². The largest absolute Gasteiger partial charge is 0.450 e. The van der Waals surface area contributed by atoms with E-state index in [0.717, 1.165) is 27.7 Å². The molecule has 0 aliphatic rings. The van der Waals surface area contributed by atoms with E-state index in [9.17, 15) is 9.59 Å². The second kappa shape index (κ2) is 7.90. The third kappa shape index (κ3) is 3.84. The van der Waals surface area contributed by atoms with Gasteiger partial charge in [0.15, 0.2) is 6.61 Å². The quantitative estimate of drug-likeness (QED) is 0.515. The Labute approximate surface area is 172 Å². The summed E-state index contributed by atoms with van der Waals surface area (Å²) < 4.78 is 6.56. The topological polar surface area (TPSA) is 98.5 Å². The van der Waals surface area contributed by atoms with Gasteiger partial charge in [-0.3, -0.25) is 4.79 Å². The summed E-state index contributed by atoms with van der Waals surface area (Å²) in [7, 11) is 0. The molecular weight excluding hydrogens is 382 g/mol. The second-order valence-electron chi connectivity index (χ2n) is 7.12. The van der Waals surface area contributed by atoms with Crippen molar-refractivity contribution in [2.75, 3.05) is 6.61 Å². The lowest BCUT2D eigenvalue weighted by molar-refractivity contribution is -0.124. The van der Waals surface area contributed by atoms with E-state index in [1.54, 1.807) is 0 Å². The van der Waals surface area contributed by atoms with Crippen molar-refractivity contribution >= 4 is 28.4 Å². The van der Waals surface area contributed by atoms with Crippen LogP contribution in [0.1, 0.15) is 40.5 Å². The minimum atomic E-state index is -0.773. The van der Waals surface area contributed by atoms with Crippen LogP contribution in [0.15, 0.2) is 48.5 Å². The Morgan fingerprint density at radius 3 is 2.70 bits per heavy atom. The van der Waals surface area contributed by atoms with Crippen LogP contribution >= 0.6 is 0 Å². The van der Waals surface area contributed by atoms with Crippen molar-refractivity contribution in [2.45, 2.75) is 26.8 Å². The minimum absolute atomic E-state index is 0.133. The Morgan fingerprint density at radius 1 is 1.10 bits per heavy atom. The van der Waals surface area contributed by atoms with Crippen molar-refractivity contribution in [1.82, 2.24) is 24.9 Å². The highest BCUT2D eigenvalue weighted by Crippen LogP contribution is 2.23. The Kier molecular flexibility index (Phi) is 5.14. The summed E-state index contributed by atoms with van der Waals surface area (Å²) in [4.78, 5) is 32.9. The fourth-order valence-corrected chi connectivity index (χ4v) is 3.44. The molecule has 2 heterocycles. The van der Waals surface area contributed by atoms with Crippen molar-refractivity contribution in [3.63, 3.8) is 0 Å². The van der Waals surface area contributed by atoms with Crippen molar-refractivity contribution in [2.24, 2.45) is 0 Å². The molecular formula is C22H21N5O3. The molecule has 0 radical (unpaired) electrons. The number of carbonyl (C=O) groups excluding carboxylic acids is 2. The van der Waals surface area contributed by atoms with Gasteiger partial charge < -0.3 is 10.1 Å². The summed E-state index contributed by atoms with van der Waals surface area (Å²) in [5.41, 5.74) is 2.56. The van der Waals surface area contributed by atoms with Crippen molar-refractivity contribution in [3.8, 4) is 0 Å². The number of nitrogens with one attached hydrogen (secondary N) is 1. The number of fused-ring (bicyclic) bond motifs is 2. The molecule has 0 saturated carbocycles. The number of ether oxygens (including phenoxy) is 1. The van der Waals surface area contributed by atoms with Gasteiger partial charge in [-0.05, 0) is 43.2 Å². The third-order valence-electron chi connectivity index (χ3n) is 4.80. The lowest BCUT2D eigenvalue weighted by atomic mass is 10.00. The van der Waals surface area contributed by atoms with Crippen LogP contribution in [0.3, 0.4) is 0 Å². The smallest absolute Gasteiger partial charge is 0.378 e. The van der Waals surface area contributed by atoms with E-state index >= 15 is 0 Å². The number of aromatic nitrogens is 4. The van der Waals surface area contributed by atoms with Crippen LogP contribution in [0.25, 0.3) is 16.6 Å². The van der Waals surface area contributed by atoms with Gasteiger partial charge in [-0.15, -0.1) is 5.10 Å². The molecule has 0 unspecified atom stereocenters. The van der Waals surface area contributed by atoms with Crippen LogP contribution in [0, 0.1) is 13.8 Å². The summed E-state index contributed by atoms with van der Waals surface area (Å²) in [5, 5.41) is 9.14. The van der Waals surface area contributed by atoms with E-state index in [4.69, 9.17) is 4.74 Å². The zero-order valence-corrected chi connectivity index (χ0v) is 16.9. The molecule has 2 aromatic heterocycles. The van der Waals surface area contributed by atoms with E-state index < -0.39 is 18.5 Å². The van der Waals surface area contributed by atoms with E-state index in [2.05, 4.69) is 20.4 Å². The summed E-state index contributed by atoms with van der Waals surface area (Å²) in [6, 6.07) is 15.5. The lowest BCUT2D eigenvalue weighted by Gasteiger charge is -2.16. The monoisotopic (exact) mass is 403 g/mol. The number of benzene rings is 2. The molecule has 4 rings (SSSR count). The first kappa shape index (κ1) is 19.5. The molecule has 8 nitrogen and oxygen atoms in total. The first-order valence-electron chi connectivity index (χ1n) is 9.57. The van der Waals surface area contributed by atoms with Gasteiger partial charge in [0.2, 0.25) is 0 Å². The maximum absolute atomic E-state index is 12.3. The molecule has 1 N–H and O–H groups in total. The Morgan fingerprint density at radius 2 is 1.87 bits per heavy atom. The van der Waals surface area contributed by atoms with Crippen LogP contribution < -0.4 is 5.32 Å². The number of nitrogens with zero attached hydrogens (tertiary/aromatic N) is 4. The summed E-state index contributed by atoms with van der Waals surface area (Å²) in [5.74, 6) is -0.997. The highest BCUT2D eigenvalue weighted by Gasteiger charge is 2.19. The number of hydrogen-bond donors (Lipinski definition) is 1. The van der Waals surface area contributed by atoms with Crippen molar-refractivity contribution in [1.29, 1.82) is 0 Å². The molecule has 0 fully saturated rings. The van der Waals surface area contributed by atoms with Crippen molar-refractivity contribution in [3.05, 3.63) is 71.3 Å². The Bertz CT molecular complexity index is 1260. The predicted molar refractivity (Wildman–Crippen MR) is 111 cm³/mol. The van der Waals surface area contributed by atoms with Gasteiger partial charge in [-0.1, -0.05) is 42.5 Å². The fourth-order valence-electron chi connectivity index (χ4n) is 3.44. The average molecular weight is 403 g/mol. The molecule has 4 aromatic rings. The van der Waals surface area contributed by atoms with E-state index in [0.29, 0.717) is 5.78 Å². The van der Waals surface area contributed by atoms with Crippen LogP contribution in [0.4, 0.5) is 0 Å². The Balaban J connectivity index is 1.41. The third-order valence-corrected chi connectivity index (χ3v) is 4.80. The summed E-state index contributed by atoms with van der Waals surface area (Å²) in [6.45, 7) is 5.14. The number of hydrogen-bond acceptors (Lipinski definition) is 6. The van der Waals surface area contributed by atoms with Crippen LogP contribution in [0.5, 0.6) is 0 Å². The zero-order chi connectivity index (χ0) is 21.3. The molecule has 1 atom stereocenters. The Hall–Kier alpha value is -3.81. The molecule has 0 bridgehead atoms.